The van der Waals surface area contributed by atoms with Gasteiger partial charge in [0.15, 0.2) is 0 Å². The molecular formula is C38H36F6N2O4S2. The Balaban J connectivity index is 1.79. The summed E-state index contributed by atoms with van der Waals surface area (Å²) in [6.45, 7) is 11.6. The van der Waals surface area contributed by atoms with Crippen LogP contribution in [0.5, 0.6) is 0 Å². The first-order valence-electron chi connectivity index (χ1n) is 16.2. The molecule has 14 heteroatoms. The van der Waals surface area contributed by atoms with Crippen molar-refractivity contribution in [3.8, 4) is 11.1 Å². The Morgan fingerprint density at radius 2 is 0.865 bits per heavy atom. The third-order valence-electron chi connectivity index (χ3n) is 9.39. The van der Waals surface area contributed by atoms with E-state index in [0.717, 1.165) is 23.5 Å². The summed E-state index contributed by atoms with van der Waals surface area (Å²) >= 11 is 0. The lowest BCUT2D eigenvalue weighted by atomic mass is 9.85. The zero-order chi connectivity index (χ0) is 38.4. The minimum atomic E-state index is -6.03. The van der Waals surface area contributed by atoms with E-state index < -0.39 is 54.0 Å². The van der Waals surface area contributed by atoms with E-state index in [4.69, 9.17) is 0 Å². The molecule has 6 nitrogen and oxygen atoms in total. The van der Waals surface area contributed by atoms with Crippen LogP contribution in [0, 0.1) is 0 Å². The van der Waals surface area contributed by atoms with Crippen molar-refractivity contribution in [2.75, 3.05) is 0 Å². The summed E-state index contributed by atoms with van der Waals surface area (Å²) in [4.78, 5) is 0. The van der Waals surface area contributed by atoms with Gasteiger partial charge < -0.3 is 0 Å². The summed E-state index contributed by atoms with van der Waals surface area (Å²) in [6, 6.07) is 15.7. The number of benzene rings is 2. The summed E-state index contributed by atoms with van der Waals surface area (Å²) in [5, 5.41) is 0. The predicted octanol–water partition coefficient (Wildman–Crippen LogP) is 9.84. The zero-order valence-corrected chi connectivity index (χ0v) is 30.6. The van der Waals surface area contributed by atoms with Gasteiger partial charge in [0.2, 0.25) is 0 Å². The molecule has 2 unspecified atom stereocenters. The molecule has 0 amide bonds. The van der Waals surface area contributed by atoms with Crippen molar-refractivity contribution in [1.82, 2.24) is 8.61 Å². The highest BCUT2D eigenvalue weighted by molar-refractivity contribution is 7.90. The quantitative estimate of drug-likeness (QED) is 0.194. The number of fused-ring (bicyclic) bond motifs is 3. The molecule has 2 aliphatic carbocycles. The minimum Gasteiger partial charge on any atom is -0.258 e. The first kappa shape index (κ1) is 37.5. The van der Waals surface area contributed by atoms with Crippen molar-refractivity contribution in [2.24, 2.45) is 0 Å². The SMILES string of the molecule is CC(C)(C)c1cc(C(C)(C)C)c2cc(C3c4ccccc4C=CN3S(=O)(=O)C(F)(F)F)cc(C3c4ccccc4C=CN3S(=O)(=O)C(F)(F)F)cc1-2. The monoisotopic (exact) mass is 762 g/mol. The molecule has 52 heavy (non-hydrogen) atoms. The number of halogens is 6. The van der Waals surface area contributed by atoms with Gasteiger partial charge in [-0.25, -0.2) is 0 Å². The molecule has 0 aromatic heterocycles. The fourth-order valence-electron chi connectivity index (χ4n) is 6.97. The van der Waals surface area contributed by atoms with Crippen LogP contribution in [-0.4, -0.2) is 36.5 Å². The largest absolute Gasteiger partial charge is 0.516 e. The average molecular weight is 763 g/mol. The van der Waals surface area contributed by atoms with Crippen molar-refractivity contribution >= 4 is 32.2 Å². The van der Waals surface area contributed by atoms with Crippen LogP contribution in [-0.2, 0) is 30.9 Å². The molecule has 0 bridgehead atoms. The van der Waals surface area contributed by atoms with E-state index in [1.165, 1.54) is 30.4 Å². The summed E-state index contributed by atoms with van der Waals surface area (Å²) < 4.78 is 140. The Hall–Kier alpha value is -4.30. The zero-order valence-electron chi connectivity index (χ0n) is 29.0. The van der Waals surface area contributed by atoms with E-state index in [9.17, 15) is 43.2 Å². The van der Waals surface area contributed by atoms with Gasteiger partial charge in [-0.2, -0.15) is 43.2 Å². The summed E-state index contributed by atoms with van der Waals surface area (Å²) in [6.07, 6.45) is 4.15. The normalized spacial score (nSPS) is 18.5. The van der Waals surface area contributed by atoms with Crippen LogP contribution in [0.15, 0.2) is 85.2 Å². The molecule has 0 radical (unpaired) electrons. The van der Waals surface area contributed by atoms with Crippen molar-refractivity contribution in [3.63, 3.8) is 0 Å². The van der Waals surface area contributed by atoms with E-state index >= 15 is 0 Å². The van der Waals surface area contributed by atoms with Crippen LogP contribution >= 0.6 is 0 Å². The highest BCUT2D eigenvalue weighted by atomic mass is 32.2. The molecule has 276 valence electrons. The first-order chi connectivity index (χ1) is 23.9. The maximum atomic E-state index is 14.3. The molecule has 0 spiro atoms. The number of rotatable bonds is 4. The Bertz CT molecular complexity index is 2160. The lowest BCUT2D eigenvalue weighted by Gasteiger charge is -2.36. The van der Waals surface area contributed by atoms with Gasteiger partial charge in [0.05, 0.1) is 12.1 Å². The topological polar surface area (TPSA) is 74.8 Å². The van der Waals surface area contributed by atoms with Gasteiger partial charge in [0.25, 0.3) is 0 Å². The molecule has 0 saturated heterocycles. The van der Waals surface area contributed by atoms with E-state index in [0.29, 0.717) is 22.3 Å². The third kappa shape index (κ3) is 6.17. The summed E-state index contributed by atoms with van der Waals surface area (Å²) in [5.41, 5.74) is -8.80. The highest BCUT2D eigenvalue weighted by Crippen LogP contribution is 2.50. The maximum absolute atomic E-state index is 14.3. The molecule has 2 heterocycles. The van der Waals surface area contributed by atoms with Gasteiger partial charge in [-0.3, -0.25) is 8.61 Å². The lowest BCUT2D eigenvalue weighted by molar-refractivity contribution is -0.0488. The number of sulfonamides is 2. The molecule has 2 aromatic rings. The van der Waals surface area contributed by atoms with Crippen LogP contribution in [0.4, 0.5) is 26.3 Å². The van der Waals surface area contributed by atoms with E-state index in [-0.39, 0.29) is 30.9 Å². The molecule has 0 saturated carbocycles. The molecule has 0 fully saturated rings. The molecule has 2 aromatic carbocycles. The molecule has 2 aliphatic heterocycles. The lowest BCUT2D eigenvalue weighted by Crippen LogP contribution is -2.41. The van der Waals surface area contributed by atoms with Gasteiger partial charge in [0.1, 0.15) is 0 Å². The molecule has 4 aliphatic rings. The minimum absolute atomic E-state index is 0.0115. The van der Waals surface area contributed by atoms with Crippen LogP contribution in [0.2, 0.25) is 0 Å². The smallest absolute Gasteiger partial charge is 0.258 e. The van der Waals surface area contributed by atoms with Crippen LogP contribution in [0.1, 0.15) is 98.1 Å². The Morgan fingerprint density at radius 3 is 1.19 bits per heavy atom. The standard InChI is InChI=1S/C38H36F6N2O4S2/c1-35(2,3)31-22-32(36(4,5)6)30-21-26(34-28-14-10-8-12-24(28)16-18-46(34)52(49,50)38(42,43)44)19-25(20-29(30)31)33-27-13-9-7-11-23(27)15-17-45(33)51(47,48)37(39,40)41/h7-22,33-34H,1-6H3. The second-order valence-corrected chi connectivity index (χ2v) is 18.7. The third-order valence-corrected chi connectivity index (χ3v) is 12.3. The van der Waals surface area contributed by atoms with Gasteiger partial charge >= 0.3 is 31.1 Å². The number of hydrogen-bond donors (Lipinski definition) is 0. The second kappa shape index (κ2) is 12.1. The number of nitrogens with zero attached hydrogens (tertiary/aromatic N) is 2. The summed E-state index contributed by atoms with van der Waals surface area (Å²) in [7, 11) is -12.1. The summed E-state index contributed by atoms with van der Waals surface area (Å²) in [5.74, 6) is 0. The fourth-order valence-corrected chi connectivity index (χ4v) is 8.92. The first-order valence-corrected chi connectivity index (χ1v) is 19.1. The predicted molar refractivity (Wildman–Crippen MR) is 189 cm³/mol. The molecule has 2 atom stereocenters. The molecular weight excluding hydrogens is 727 g/mol. The van der Waals surface area contributed by atoms with Gasteiger partial charge in [-0.1, -0.05) is 102 Å². The Morgan fingerprint density at radius 1 is 0.519 bits per heavy atom. The second-order valence-electron chi connectivity index (χ2n) is 15.0. The highest BCUT2D eigenvalue weighted by Gasteiger charge is 2.54. The van der Waals surface area contributed by atoms with Crippen molar-refractivity contribution in [1.29, 1.82) is 0 Å². The van der Waals surface area contributed by atoms with Crippen molar-refractivity contribution in [3.05, 3.63) is 130 Å². The molecule has 0 N–H and O–H groups in total. The van der Waals surface area contributed by atoms with Crippen LogP contribution in [0.3, 0.4) is 0 Å². The van der Waals surface area contributed by atoms with Crippen molar-refractivity contribution in [2.45, 2.75) is 75.5 Å². The van der Waals surface area contributed by atoms with E-state index in [1.54, 1.807) is 48.5 Å². The Labute approximate surface area is 299 Å². The van der Waals surface area contributed by atoms with Gasteiger partial charge in [0, 0.05) is 12.4 Å². The fraction of sp³-hybridized carbons (Fsp3) is 0.316. The van der Waals surface area contributed by atoms with E-state index in [1.807, 2.05) is 47.6 Å². The van der Waals surface area contributed by atoms with Crippen LogP contribution in [0.25, 0.3) is 23.3 Å². The van der Waals surface area contributed by atoms with Gasteiger partial charge in [-0.15, -0.1) is 0 Å². The average Bonchev–Trinajstić information content (AvgIpc) is 3.30. The van der Waals surface area contributed by atoms with Crippen molar-refractivity contribution < 1.29 is 43.2 Å². The number of hydrogen-bond acceptors (Lipinski definition) is 4. The molecule has 6 rings (SSSR count). The van der Waals surface area contributed by atoms with Gasteiger partial charge in [-0.05, 0) is 90.7 Å². The Kier molecular flexibility index (Phi) is 8.73. The number of alkyl halides is 6. The maximum Gasteiger partial charge on any atom is 0.516 e. The van der Waals surface area contributed by atoms with Crippen LogP contribution < -0.4 is 0 Å². The van der Waals surface area contributed by atoms with E-state index in [2.05, 4.69) is 0 Å².